The molecule has 0 saturated carbocycles. The molecule has 1 aromatic rings. The van der Waals surface area contributed by atoms with Gasteiger partial charge in [0.15, 0.2) is 0 Å². The van der Waals surface area contributed by atoms with Crippen molar-refractivity contribution < 1.29 is 14.7 Å². The van der Waals surface area contributed by atoms with E-state index in [0.29, 0.717) is 32.5 Å². The molecule has 0 radical (unpaired) electrons. The summed E-state index contributed by atoms with van der Waals surface area (Å²) in [6, 6.07) is -1.16. The van der Waals surface area contributed by atoms with Crippen LogP contribution in [0.2, 0.25) is 0 Å². The zero-order chi connectivity index (χ0) is 13.8. The minimum atomic E-state index is -0.992. The molecule has 0 saturated heterocycles. The van der Waals surface area contributed by atoms with E-state index < -0.39 is 12.0 Å². The lowest BCUT2D eigenvalue weighted by Crippen LogP contribution is -2.49. The quantitative estimate of drug-likeness (QED) is 0.838. The van der Waals surface area contributed by atoms with E-state index in [1.54, 1.807) is 11.1 Å². The van der Waals surface area contributed by atoms with Crippen LogP contribution in [-0.4, -0.2) is 44.1 Å². The summed E-state index contributed by atoms with van der Waals surface area (Å²) >= 11 is 0. The first-order valence-corrected chi connectivity index (χ1v) is 6.40. The second kappa shape index (κ2) is 5.73. The minimum absolute atomic E-state index is 0.338. The first-order chi connectivity index (χ1) is 9.11. The van der Waals surface area contributed by atoms with E-state index in [-0.39, 0.29) is 6.03 Å². The maximum absolute atomic E-state index is 12.0. The molecule has 0 aliphatic carbocycles. The highest BCUT2D eigenvalue weighted by Gasteiger charge is 2.25. The van der Waals surface area contributed by atoms with Gasteiger partial charge in [-0.05, 0) is 6.42 Å². The van der Waals surface area contributed by atoms with Crippen LogP contribution in [0.3, 0.4) is 0 Å². The van der Waals surface area contributed by atoms with Gasteiger partial charge in [0.2, 0.25) is 0 Å². The summed E-state index contributed by atoms with van der Waals surface area (Å²) in [7, 11) is 0. The fourth-order valence-corrected chi connectivity index (χ4v) is 2.13. The number of nitrogens with one attached hydrogen (secondary N) is 1. The van der Waals surface area contributed by atoms with Crippen molar-refractivity contribution in [1.82, 2.24) is 19.8 Å². The van der Waals surface area contributed by atoms with Crippen LogP contribution in [0.5, 0.6) is 0 Å². The van der Waals surface area contributed by atoms with Crippen LogP contribution < -0.4 is 5.32 Å². The van der Waals surface area contributed by atoms with Crippen molar-refractivity contribution >= 4 is 12.0 Å². The van der Waals surface area contributed by atoms with E-state index in [0.717, 1.165) is 5.82 Å². The van der Waals surface area contributed by atoms with Crippen LogP contribution in [0.1, 0.15) is 25.6 Å². The molecule has 1 aliphatic heterocycles. The first kappa shape index (κ1) is 13.4. The van der Waals surface area contributed by atoms with Crippen LogP contribution in [0.25, 0.3) is 0 Å². The second-order valence-corrected chi connectivity index (χ2v) is 4.59. The number of hydrogen-bond donors (Lipinski definition) is 2. The van der Waals surface area contributed by atoms with E-state index >= 15 is 0 Å². The number of aromatic nitrogens is 2. The summed E-state index contributed by atoms with van der Waals surface area (Å²) in [5.74, 6) is -0.169. The fraction of sp³-hybridized carbons (Fsp3) is 0.583. The largest absolute Gasteiger partial charge is 0.480 e. The number of carbonyl (C=O) groups excluding carboxylic acids is 1. The Kier molecular flexibility index (Phi) is 4.03. The number of rotatable bonds is 4. The molecule has 0 unspecified atom stereocenters. The highest BCUT2D eigenvalue weighted by Crippen LogP contribution is 2.10. The third kappa shape index (κ3) is 3.04. The molecule has 2 N–H and O–H groups in total. The van der Waals surface area contributed by atoms with E-state index in [9.17, 15) is 9.59 Å². The number of carboxylic acids is 1. The maximum atomic E-state index is 12.0. The zero-order valence-corrected chi connectivity index (χ0v) is 10.9. The Balaban J connectivity index is 1.95. The first-order valence-electron chi connectivity index (χ1n) is 6.40. The van der Waals surface area contributed by atoms with Crippen LogP contribution >= 0.6 is 0 Å². The summed E-state index contributed by atoms with van der Waals surface area (Å²) < 4.78 is 1.99. The number of nitrogens with zero attached hydrogens (tertiary/aromatic N) is 3. The number of urea groups is 1. The Morgan fingerprint density at radius 1 is 1.53 bits per heavy atom. The van der Waals surface area contributed by atoms with Gasteiger partial charge < -0.3 is 19.9 Å². The molecule has 2 rings (SSSR count). The number of carbonyl (C=O) groups is 2. The molecule has 0 aromatic carbocycles. The van der Waals surface area contributed by atoms with Gasteiger partial charge in [0.05, 0.1) is 6.54 Å². The van der Waals surface area contributed by atoms with Crippen molar-refractivity contribution in [1.29, 1.82) is 0 Å². The van der Waals surface area contributed by atoms with Gasteiger partial charge in [0, 0.05) is 25.5 Å². The van der Waals surface area contributed by atoms with Gasteiger partial charge in [0.1, 0.15) is 11.9 Å². The van der Waals surface area contributed by atoms with Crippen molar-refractivity contribution in [2.45, 2.75) is 38.9 Å². The lowest BCUT2D eigenvalue weighted by Gasteiger charge is -2.29. The average molecular weight is 266 g/mol. The number of aliphatic carboxylic acids is 1. The van der Waals surface area contributed by atoms with Gasteiger partial charge in [-0.25, -0.2) is 14.6 Å². The van der Waals surface area contributed by atoms with Crippen LogP contribution in [0.15, 0.2) is 12.4 Å². The van der Waals surface area contributed by atoms with E-state index in [1.165, 1.54) is 0 Å². The molecule has 7 heteroatoms. The Bertz CT molecular complexity index is 471. The molecular formula is C12H18N4O3. The molecule has 19 heavy (non-hydrogen) atoms. The number of fused-ring (bicyclic) bond motifs is 1. The van der Waals surface area contributed by atoms with Crippen molar-refractivity contribution in [3.63, 3.8) is 0 Å². The van der Waals surface area contributed by atoms with E-state index in [2.05, 4.69) is 10.3 Å². The molecule has 0 bridgehead atoms. The molecule has 1 atom stereocenters. The summed E-state index contributed by atoms with van der Waals surface area (Å²) in [5, 5.41) is 11.6. The monoisotopic (exact) mass is 266 g/mol. The lowest BCUT2D eigenvalue weighted by atomic mass is 10.2. The van der Waals surface area contributed by atoms with Gasteiger partial charge in [0.25, 0.3) is 0 Å². The predicted octanol–water partition coefficient (Wildman–Crippen LogP) is 0.662. The van der Waals surface area contributed by atoms with Gasteiger partial charge in [-0.15, -0.1) is 0 Å². The van der Waals surface area contributed by atoms with Gasteiger partial charge in [-0.2, -0.15) is 0 Å². The SMILES string of the molecule is CCC[C@H](NC(=O)N1CCn2ccnc2C1)C(=O)O. The van der Waals surface area contributed by atoms with Gasteiger partial charge >= 0.3 is 12.0 Å². The maximum Gasteiger partial charge on any atom is 0.326 e. The van der Waals surface area contributed by atoms with Crippen molar-refractivity contribution in [3.8, 4) is 0 Å². The molecule has 1 aliphatic rings. The summed E-state index contributed by atoms with van der Waals surface area (Å²) in [4.78, 5) is 28.8. The smallest absolute Gasteiger partial charge is 0.326 e. The molecule has 0 spiro atoms. The fourth-order valence-electron chi connectivity index (χ4n) is 2.13. The Hall–Kier alpha value is -2.05. The Morgan fingerprint density at radius 3 is 3.00 bits per heavy atom. The lowest BCUT2D eigenvalue weighted by molar-refractivity contribution is -0.139. The Morgan fingerprint density at radius 2 is 2.32 bits per heavy atom. The van der Waals surface area contributed by atoms with E-state index in [4.69, 9.17) is 5.11 Å². The third-order valence-corrected chi connectivity index (χ3v) is 3.21. The molecule has 1 aromatic heterocycles. The highest BCUT2D eigenvalue weighted by molar-refractivity contribution is 5.82. The molecule has 104 valence electrons. The Labute approximate surface area is 111 Å². The minimum Gasteiger partial charge on any atom is -0.480 e. The van der Waals surface area contributed by atoms with Crippen molar-refractivity contribution in [2.75, 3.05) is 6.54 Å². The van der Waals surface area contributed by atoms with Crippen molar-refractivity contribution in [2.24, 2.45) is 0 Å². The molecule has 0 fully saturated rings. The number of amides is 2. The van der Waals surface area contributed by atoms with E-state index in [1.807, 2.05) is 17.7 Å². The number of carboxylic acid groups (broad SMARTS) is 1. The topological polar surface area (TPSA) is 87.5 Å². The third-order valence-electron chi connectivity index (χ3n) is 3.21. The molecule has 7 nitrogen and oxygen atoms in total. The van der Waals surface area contributed by atoms with Crippen LogP contribution in [-0.2, 0) is 17.9 Å². The summed E-state index contributed by atoms with van der Waals surface area (Å²) in [5.41, 5.74) is 0. The highest BCUT2D eigenvalue weighted by atomic mass is 16.4. The van der Waals surface area contributed by atoms with Crippen LogP contribution in [0, 0.1) is 0 Å². The summed E-state index contributed by atoms with van der Waals surface area (Å²) in [6.07, 6.45) is 4.72. The van der Waals surface area contributed by atoms with Crippen molar-refractivity contribution in [3.05, 3.63) is 18.2 Å². The number of imidazole rings is 1. The second-order valence-electron chi connectivity index (χ2n) is 4.59. The number of hydrogen-bond acceptors (Lipinski definition) is 3. The predicted molar refractivity (Wildman–Crippen MR) is 67.5 cm³/mol. The normalized spacial score (nSPS) is 15.7. The molecule has 2 heterocycles. The van der Waals surface area contributed by atoms with Gasteiger partial charge in [-0.1, -0.05) is 13.3 Å². The average Bonchev–Trinajstić information content (AvgIpc) is 2.85. The standard InChI is InChI=1S/C12H18N4O3/c1-2-3-9(11(17)18)14-12(19)16-7-6-15-5-4-13-10(15)8-16/h4-5,9H,2-3,6-8H2,1H3,(H,14,19)(H,17,18)/t9-/m0/s1. The molecule has 2 amide bonds. The van der Waals surface area contributed by atoms with Gasteiger partial charge in [-0.3, -0.25) is 0 Å². The zero-order valence-electron chi connectivity index (χ0n) is 10.9. The van der Waals surface area contributed by atoms with Crippen LogP contribution in [0.4, 0.5) is 4.79 Å². The summed E-state index contributed by atoms with van der Waals surface area (Å²) in [6.45, 7) is 3.55. The molecular weight excluding hydrogens is 248 g/mol.